The van der Waals surface area contributed by atoms with Crippen molar-refractivity contribution in [3.8, 4) is 6.07 Å². The lowest BCUT2D eigenvalue weighted by molar-refractivity contribution is -0.253. The maximum Gasteiger partial charge on any atom is 0.303 e. The van der Waals surface area contributed by atoms with Gasteiger partial charge in [0.1, 0.15) is 12.7 Å². The Balaban J connectivity index is 2.35. The third kappa shape index (κ3) is 7.88. The molecule has 2 rings (SSSR count). The first-order chi connectivity index (χ1) is 15.6. The average molecular weight is 461 g/mol. The highest BCUT2D eigenvalue weighted by Crippen LogP contribution is 2.31. The van der Waals surface area contributed by atoms with Crippen molar-refractivity contribution in [3.05, 3.63) is 35.4 Å². The fourth-order valence-corrected chi connectivity index (χ4v) is 3.61. The lowest BCUT2D eigenvalue weighted by atomic mass is 9.91. The van der Waals surface area contributed by atoms with Crippen molar-refractivity contribution >= 4 is 23.9 Å². The molecule has 5 atom stereocenters. The number of carbonyl (C=O) groups excluding carboxylic acids is 4. The van der Waals surface area contributed by atoms with Gasteiger partial charge in [0.05, 0.1) is 17.7 Å². The van der Waals surface area contributed by atoms with Crippen LogP contribution in [0.15, 0.2) is 24.3 Å². The Morgan fingerprint density at radius 1 is 0.818 bits per heavy atom. The van der Waals surface area contributed by atoms with Gasteiger partial charge in [-0.2, -0.15) is 5.26 Å². The summed E-state index contributed by atoms with van der Waals surface area (Å²) in [5.74, 6) is -2.55. The average Bonchev–Trinajstić information content (AvgIpc) is 2.73. The summed E-state index contributed by atoms with van der Waals surface area (Å²) in [6.45, 7) is 4.51. The van der Waals surface area contributed by atoms with Crippen LogP contribution in [0.5, 0.6) is 0 Å². The molecule has 0 saturated carbocycles. The second-order valence-electron chi connectivity index (χ2n) is 7.59. The molecule has 0 spiro atoms. The zero-order valence-corrected chi connectivity index (χ0v) is 18.9. The van der Waals surface area contributed by atoms with Crippen molar-refractivity contribution < 1.29 is 42.9 Å². The van der Waals surface area contributed by atoms with Crippen molar-refractivity contribution in [1.29, 1.82) is 5.26 Å². The Morgan fingerprint density at radius 2 is 1.33 bits per heavy atom. The summed E-state index contributed by atoms with van der Waals surface area (Å²) in [6.07, 6.45) is -4.30. The number of aryl methyl sites for hydroxylation is 1. The predicted octanol–water partition coefficient (Wildman–Crippen LogP) is 1.62. The van der Waals surface area contributed by atoms with Crippen molar-refractivity contribution in [2.45, 2.75) is 71.1 Å². The van der Waals surface area contributed by atoms with E-state index in [2.05, 4.69) is 0 Å². The number of hydrogen-bond acceptors (Lipinski definition) is 10. The van der Waals surface area contributed by atoms with Gasteiger partial charge < -0.3 is 23.7 Å². The molecule has 1 fully saturated rings. The van der Waals surface area contributed by atoms with Gasteiger partial charge in [0, 0.05) is 27.7 Å². The molecule has 0 aliphatic carbocycles. The molecule has 10 nitrogen and oxygen atoms in total. The highest BCUT2D eigenvalue weighted by Gasteiger charge is 2.51. The van der Waals surface area contributed by atoms with E-state index in [9.17, 15) is 19.2 Å². The standard InChI is InChI=1S/C23H27NO9/c1-13(25)29-12-20-22(31-15(3)27)23(32-16(4)28)21(30-14(2)26)19(33-20)10-9-17-5-7-18(11-24)8-6-17/h5-8,19-23H,9-10,12H2,1-4H3/t19-,20-,21+,22-,23-/m1/s1. The monoisotopic (exact) mass is 461 g/mol. The van der Waals surface area contributed by atoms with Crippen LogP contribution in [0.25, 0.3) is 0 Å². The molecular formula is C23H27NO9. The fourth-order valence-electron chi connectivity index (χ4n) is 3.61. The molecule has 1 aromatic rings. The largest absolute Gasteiger partial charge is 0.463 e. The topological polar surface area (TPSA) is 138 Å². The summed E-state index contributed by atoms with van der Waals surface area (Å²) < 4.78 is 27.3. The van der Waals surface area contributed by atoms with Gasteiger partial charge in [-0.3, -0.25) is 19.2 Å². The van der Waals surface area contributed by atoms with E-state index >= 15 is 0 Å². The van der Waals surface area contributed by atoms with Crippen LogP contribution in [0.4, 0.5) is 0 Å². The van der Waals surface area contributed by atoms with E-state index in [0.717, 1.165) is 5.56 Å². The molecule has 10 heteroatoms. The molecule has 1 heterocycles. The molecule has 0 bridgehead atoms. The number of benzene rings is 1. The second kappa shape index (κ2) is 12.0. The first-order valence-corrected chi connectivity index (χ1v) is 10.4. The third-order valence-electron chi connectivity index (χ3n) is 4.89. The van der Waals surface area contributed by atoms with Crippen LogP contribution in [0, 0.1) is 11.3 Å². The van der Waals surface area contributed by atoms with E-state index < -0.39 is 54.4 Å². The number of carbonyl (C=O) groups is 4. The zero-order chi connectivity index (χ0) is 24.5. The van der Waals surface area contributed by atoms with Crippen LogP contribution in [0.1, 0.15) is 45.2 Å². The smallest absolute Gasteiger partial charge is 0.303 e. The first-order valence-electron chi connectivity index (χ1n) is 10.4. The summed E-state index contributed by atoms with van der Waals surface area (Å²) in [6, 6.07) is 9.01. The molecule has 0 amide bonds. The van der Waals surface area contributed by atoms with Crippen LogP contribution in [-0.2, 0) is 49.3 Å². The lowest BCUT2D eigenvalue weighted by Crippen LogP contribution is -2.62. The van der Waals surface area contributed by atoms with E-state index in [1.165, 1.54) is 27.7 Å². The quantitative estimate of drug-likeness (QED) is 0.414. The Labute approximate surface area is 191 Å². The lowest BCUT2D eigenvalue weighted by Gasteiger charge is -2.44. The van der Waals surface area contributed by atoms with Gasteiger partial charge in [-0.15, -0.1) is 0 Å². The Kier molecular flexibility index (Phi) is 9.36. The maximum atomic E-state index is 11.8. The Bertz CT molecular complexity index is 906. The number of nitrogens with zero attached hydrogens (tertiary/aromatic N) is 1. The minimum absolute atomic E-state index is 0.259. The molecule has 1 saturated heterocycles. The molecule has 0 N–H and O–H groups in total. The van der Waals surface area contributed by atoms with Crippen LogP contribution in [0.3, 0.4) is 0 Å². The predicted molar refractivity (Wildman–Crippen MR) is 111 cm³/mol. The molecule has 33 heavy (non-hydrogen) atoms. The van der Waals surface area contributed by atoms with Crippen LogP contribution in [0.2, 0.25) is 0 Å². The number of hydrogen-bond donors (Lipinski definition) is 0. The van der Waals surface area contributed by atoms with Gasteiger partial charge in [0.25, 0.3) is 0 Å². The van der Waals surface area contributed by atoms with E-state index in [1.807, 2.05) is 6.07 Å². The number of esters is 4. The van der Waals surface area contributed by atoms with E-state index in [-0.39, 0.29) is 6.61 Å². The molecule has 0 radical (unpaired) electrons. The Morgan fingerprint density at radius 3 is 1.82 bits per heavy atom. The van der Waals surface area contributed by atoms with E-state index in [1.54, 1.807) is 24.3 Å². The van der Waals surface area contributed by atoms with Crippen molar-refractivity contribution in [2.75, 3.05) is 6.61 Å². The van der Waals surface area contributed by atoms with Gasteiger partial charge >= 0.3 is 23.9 Å². The maximum absolute atomic E-state index is 11.8. The van der Waals surface area contributed by atoms with Gasteiger partial charge in [0.15, 0.2) is 18.3 Å². The molecule has 1 aliphatic heterocycles. The summed E-state index contributed by atoms with van der Waals surface area (Å²) >= 11 is 0. The SMILES string of the molecule is CC(=O)OC[C@H]1O[C@H](CCc2ccc(C#N)cc2)[C@H](OC(C)=O)[C@@H](OC(C)=O)[C@@H]1OC(C)=O. The zero-order valence-electron chi connectivity index (χ0n) is 18.9. The fraction of sp³-hybridized carbons (Fsp3) is 0.522. The van der Waals surface area contributed by atoms with Gasteiger partial charge in [-0.05, 0) is 30.5 Å². The number of rotatable bonds is 8. The van der Waals surface area contributed by atoms with Gasteiger partial charge in [-0.25, -0.2) is 0 Å². The molecule has 178 valence electrons. The molecule has 1 aliphatic rings. The van der Waals surface area contributed by atoms with Crippen LogP contribution >= 0.6 is 0 Å². The first kappa shape index (κ1) is 25.8. The minimum Gasteiger partial charge on any atom is -0.463 e. The molecular weight excluding hydrogens is 434 g/mol. The second-order valence-corrected chi connectivity index (χ2v) is 7.59. The van der Waals surface area contributed by atoms with E-state index in [4.69, 9.17) is 28.9 Å². The summed E-state index contributed by atoms with van der Waals surface area (Å²) in [4.78, 5) is 46.8. The van der Waals surface area contributed by atoms with Gasteiger partial charge in [-0.1, -0.05) is 12.1 Å². The van der Waals surface area contributed by atoms with Crippen LogP contribution < -0.4 is 0 Å². The molecule has 0 unspecified atom stereocenters. The van der Waals surface area contributed by atoms with Crippen molar-refractivity contribution in [3.63, 3.8) is 0 Å². The Hall–Kier alpha value is -3.45. The van der Waals surface area contributed by atoms with Gasteiger partial charge in [0.2, 0.25) is 0 Å². The summed E-state index contributed by atoms with van der Waals surface area (Å²) in [5, 5.41) is 8.96. The van der Waals surface area contributed by atoms with Crippen LogP contribution in [-0.4, -0.2) is 61.0 Å². The number of ether oxygens (including phenoxy) is 5. The number of nitriles is 1. The normalized spacial score (nSPS) is 24.2. The molecule has 1 aromatic carbocycles. The molecule has 0 aromatic heterocycles. The summed E-state index contributed by atoms with van der Waals surface area (Å²) in [7, 11) is 0. The van der Waals surface area contributed by atoms with Crippen molar-refractivity contribution in [2.24, 2.45) is 0 Å². The van der Waals surface area contributed by atoms with E-state index in [0.29, 0.717) is 18.4 Å². The highest BCUT2D eigenvalue weighted by atomic mass is 16.7. The minimum atomic E-state index is -1.17. The summed E-state index contributed by atoms with van der Waals surface area (Å²) in [5.41, 5.74) is 1.42. The highest BCUT2D eigenvalue weighted by molar-refractivity contribution is 5.68. The third-order valence-corrected chi connectivity index (χ3v) is 4.89. The van der Waals surface area contributed by atoms with Crippen molar-refractivity contribution in [1.82, 2.24) is 0 Å².